The minimum absolute atomic E-state index is 0.0194. The Bertz CT molecular complexity index is 2430. The lowest BCUT2D eigenvalue weighted by molar-refractivity contribution is 0.0685. The Morgan fingerprint density at radius 3 is 1.76 bits per heavy atom. The van der Waals surface area contributed by atoms with Gasteiger partial charge in [0, 0.05) is 28.3 Å². The molecule has 246 valence electrons. The molecular formula is C43H30N4O4. The number of hydrogen-bond donors (Lipinski definition) is 3. The molecule has 0 bridgehead atoms. The predicted molar refractivity (Wildman–Crippen MR) is 201 cm³/mol. The molecule has 0 fully saturated rings. The van der Waals surface area contributed by atoms with Gasteiger partial charge in [-0.25, -0.2) is 14.6 Å². The number of dihydropyridines is 1. The van der Waals surface area contributed by atoms with E-state index in [1.165, 1.54) is 30.5 Å². The number of anilines is 3. The molecule has 0 radical (unpaired) electrons. The van der Waals surface area contributed by atoms with E-state index in [0.717, 1.165) is 49.7 Å². The second-order valence-electron chi connectivity index (χ2n) is 12.1. The lowest BCUT2D eigenvalue weighted by atomic mass is 9.88. The molecule has 5 aromatic carbocycles. The number of para-hydroxylation sites is 2. The molecule has 0 aliphatic carbocycles. The number of fused-ring (bicyclic) bond motifs is 2. The van der Waals surface area contributed by atoms with Crippen molar-refractivity contribution in [3.8, 4) is 11.4 Å². The summed E-state index contributed by atoms with van der Waals surface area (Å²) in [5, 5.41) is 27.2. The largest absolute Gasteiger partial charge is 0.478 e. The van der Waals surface area contributed by atoms with Crippen LogP contribution in [0.4, 0.5) is 17.1 Å². The summed E-state index contributed by atoms with van der Waals surface area (Å²) in [5.74, 6) is -2.24. The van der Waals surface area contributed by atoms with Crippen LogP contribution in [0.5, 0.6) is 0 Å². The summed E-state index contributed by atoms with van der Waals surface area (Å²) in [7, 11) is 0. The van der Waals surface area contributed by atoms with Gasteiger partial charge in [0.1, 0.15) is 0 Å². The zero-order valence-electron chi connectivity index (χ0n) is 27.1. The van der Waals surface area contributed by atoms with Crippen LogP contribution in [-0.4, -0.2) is 32.1 Å². The first-order valence-corrected chi connectivity index (χ1v) is 16.4. The van der Waals surface area contributed by atoms with Gasteiger partial charge in [0.25, 0.3) is 0 Å². The van der Waals surface area contributed by atoms with Crippen LogP contribution in [0.25, 0.3) is 38.5 Å². The quantitative estimate of drug-likeness (QED) is 0.137. The van der Waals surface area contributed by atoms with E-state index in [4.69, 9.17) is 4.98 Å². The lowest BCUT2D eigenvalue weighted by Gasteiger charge is -2.30. The van der Waals surface area contributed by atoms with Gasteiger partial charge < -0.3 is 20.4 Å². The Labute approximate surface area is 293 Å². The molecule has 0 amide bonds. The number of aromatic carboxylic acids is 2. The van der Waals surface area contributed by atoms with E-state index in [-0.39, 0.29) is 22.5 Å². The molecule has 8 heteroatoms. The van der Waals surface area contributed by atoms with Gasteiger partial charge in [0.15, 0.2) is 0 Å². The van der Waals surface area contributed by atoms with Crippen LogP contribution < -0.4 is 10.2 Å². The molecule has 1 aliphatic rings. The molecule has 1 aliphatic heterocycles. The Hall–Kier alpha value is -7.06. The smallest absolute Gasteiger partial charge is 0.335 e. The van der Waals surface area contributed by atoms with Gasteiger partial charge in [-0.05, 0) is 88.8 Å². The zero-order valence-corrected chi connectivity index (χ0v) is 27.1. The van der Waals surface area contributed by atoms with Gasteiger partial charge in [-0.3, -0.25) is 4.98 Å². The maximum atomic E-state index is 12.3. The third-order valence-electron chi connectivity index (χ3n) is 9.01. The number of allylic oxidation sites excluding steroid dienone is 2. The maximum absolute atomic E-state index is 12.3. The topological polar surface area (TPSA) is 116 Å². The first kappa shape index (κ1) is 31.2. The molecule has 1 unspecified atom stereocenters. The molecule has 2 aromatic heterocycles. The average Bonchev–Trinajstić information content (AvgIpc) is 3.18. The van der Waals surface area contributed by atoms with E-state index in [2.05, 4.69) is 81.9 Å². The van der Waals surface area contributed by atoms with Gasteiger partial charge in [0.2, 0.25) is 0 Å². The number of nitrogens with one attached hydrogen (secondary N) is 1. The van der Waals surface area contributed by atoms with Crippen molar-refractivity contribution in [1.29, 1.82) is 0 Å². The fourth-order valence-corrected chi connectivity index (χ4v) is 6.75. The molecule has 3 N–H and O–H groups in total. The highest BCUT2D eigenvalue weighted by atomic mass is 16.4. The third kappa shape index (κ3) is 5.85. The summed E-state index contributed by atoms with van der Waals surface area (Å²) in [6.07, 6.45) is 7.31. The SMILES string of the molecule is O=C(O)c1ccnc(-c2cc(C(=O)O)cc(C3C=C(c4c5ccccc5c(N(c5ccccc5)c5ccccc5)c5ccccc45)C=CN3)n2)c1. The molecule has 0 saturated heterocycles. The van der Waals surface area contributed by atoms with Crippen LogP contribution in [0, 0.1) is 0 Å². The Balaban J connectivity index is 1.33. The molecule has 0 saturated carbocycles. The van der Waals surface area contributed by atoms with E-state index in [1.807, 2.05) is 60.8 Å². The number of carbonyl (C=O) groups is 2. The van der Waals surface area contributed by atoms with Crippen LogP contribution in [0.2, 0.25) is 0 Å². The van der Waals surface area contributed by atoms with Crippen LogP contribution in [0.15, 0.2) is 158 Å². The Morgan fingerprint density at radius 1 is 0.627 bits per heavy atom. The van der Waals surface area contributed by atoms with Crippen LogP contribution >= 0.6 is 0 Å². The number of rotatable bonds is 8. The minimum Gasteiger partial charge on any atom is -0.478 e. The second-order valence-corrected chi connectivity index (χ2v) is 12.1. The predicted octanol–water partition coefficient (Wildman–Crippen LogP) is 9.56. The lowest BCUT2D eigenvalue weighted by Crippen LogP contribution is -2.19. The van der Waals surface area contributed by atoms with Gasteiger partial charge >= 0.3 is 11.9 Å². The number of aromatic nitrogens is 2. The monoisotopic (exact) mass is 666 g/mol. The fourth-order valence-electron chi connectivity index (χ4n) is 6.75. The summed E-state index contributed by atoms with van der Waals surface area (Å²) in [4.78, 5) is 35.3. The Kier molecular flexibility index (Phi) is 8.02. The van der Waals surface area contributed by atoms with Crippen LogP contribution in [0.3, 0.4) is 0 Å². The average molecular weight is 667 g/mol. The van der Waals surface area contributed by atoms with Crippen molar-refractivity contribution in [3.63, 3.8) is 0 Å². The van der Waals surface area contributed by atoms with E-state index in [0.29, 0.717) is 5.69 Å². The second kappa shape index (κ2) is 13.1. The summed E-state index contributed by atoms with van der Waals surface area (Å²) < 4.78 is 0. The highest BCUT2D eigenvalue weighted by Crippen LogP contribution is 2.47. The summed E-state index contributed by atoms with van der Waals surface area (Å²) in [5.41, 5.74) is 6.17. The summed E-state index contributed by atoms with van der Waals surface area (Å²) in [6, 6.07) is 42.7. The summed E-state index contributed by atoms with van der Waals surface area (Å²) in [6.45, 7) is 0. The molecule has 8 rings (SSSR count). The zero-order chi connectivity index (χ0) is 34.9. The molecule has 1 atom stereocenters. The minimum atomic E-state index is -1.13. The first-order valence-electron chi connectivity index (χ1n) is 16.4. The van der Waals surface area contributed by atoms with Crippen molar-refractivity contribution in [3.05, 3.63) is 180 Å². The fraction of sp³-hybridized carbons (Fsp3) is 0.0233. The van der Waals surface area contributed by atoms with E-state index >= 15 is 0 Å². The van der Waals surface area contributed by atoms with Gasteiger partial charge in [0.05, 0.1) is 39.9 Å². The van der Waals surface area contributed by atoms with Crippen molar-refractivity contribution in [2.75, 3.05) is 4.90 Å². The van der Waals surface area contributed by atoms with E-state index < -0.39 is 18.0 Å². The van der Waals surface area contributed by atoms with Crippen LogP contribution in [-0.2, 0) is 0 Å². The van der Waals surface area contributed by atoms with Crippen molar-refractivity contribution in [1.82, 2.24) is 15.3 Å². The van der Waals surface area contributed by atoms with E-state index in [9.17, 15) is 19.8 Å². The molecule has 3 heterocycles. The highest BCUT2D eigenvalue weighted by molar-refractivity contribution is 6.20. The molecular weight excluding hydrogens is 636 g/mol. The van der Waals surface area contributed by atoms with Crippen molar-refractivity contribution in [2.45, 2.75) is 6.04 Å². The standard InChI is InChI=1S/C43H30N4O4/c48-42(49)28-20-22-45-37(24-28)39-26-29(43(50)51)25-38(46-39)36-23-27(19-21-44-36)40-32-15-7-9-17-34(32)41(35-18-10-8-16-33(35)40)47(30-11-3-1-4-12-30)31-13-5-2-6-14-31/h1-26,36,44H,(H,48,49)(H,50,51). The summed E-state index contributed by atoms with van der Waals surface area (Å²) >= 11 is 0. The maximum Gasteiger partial charge on any atom is 0.335 e. The van der Waals surface area contributed by atoms with Crippen molar-refractivity contribution in [2.24, 2.45) is 0 Å². The number of pyridine rings is 2. The third-order valence-corrected chi connectivity index (χ3v) is 9.01. The normalized spacial score (nSPS) is 13.8. The molecule has 8 nitrogen and oxygen atoms in total. The van der Waals surface area contributed by atoms with Crippen LogP contribution in [0.1, 0.15) is 38.0 Å². The number of nitrogens with zero attached hydrogens (tertiary/aromatic N) is 3. The molecule has 0 spiro atoms. The van der Waals surface area contributed by atoms with Gasteiger partial charge in [-0.2, -0.15) is 0 Å². The van der Waals surface area contributed by atoms with Gasteiger partial charge in [-0.1, -0.05) is 84.9 Å². The van der Waals surface area contributed by atoms with Crippen molar-refractivity contribution < 1.29 is 19.8 Å². The van der Waals surface area contributed by atoms with Crippen molar-refractivity contribution >= 4 is 56.1 Å². The number of carboxylic acids is 2. The molecule has 7 aromatic rings. The molecule has 51 heavy (non-hydrogen) atoms. The number of carboxylic acid groups (broad SMARTS) is 2. The first-order chi connectivity index (χ1) is 25.0. The number of benzene rings is 5. The Morgan fingerprint density at radius 2 is 1.18 bits per heavy atom. The highest BCUT2D eigenvalue weighted by Gasteiger charge is 2.24. The van der Waals surface area contributed by atoms with E-state index in [1.54, 1.807) is 0 Å². The van der Waals surface area contributed by atoms with Gasteiger partial charge in [-0.15, -0.1) is 0 Å². The number of hydrogen-bond acceptors (Lipinski definition) is 6.